The van der Waals surface area contributed by atoms with Gasteiger partial charge in [-0.25, -0.2) is 14.4 Å². The molecule has 2 aromatic rings. The molecular weight excluding hydrogens is 261 g/mol. The number of nitrogens with one attached hydrogen (secondary N) is 1. The molecule has 0 atom stereocenters. The number of phenolic OH excluding ortho intramolecular Hbond substituents is 1. The van der Waals surface area contributed by atoms with Gasteiger partial charge in [0.05, 0.1) is 5.56 Å². The van der Waals surface area contributed by atoms with Crippen LogP contribution in [-0.2, 0) is 0 Å². The first-order chi connectivity index (χ1) is 8.58. The van der Waals surface area contributed by atoms with Crippen molar-refractivity contribution in [3.63, 3.8) is 0 Å². The van der Waals surface area contributed by atoms with Gasteiger partial charge in [-0.3, -0.25) is 4.79 Å². The number of phenols is 1. The van der Waals surface area contributed by atoms with Crippen molar-refractivity contribution in [2.75, 3.05) is 5.32 Å². The van der Waals surface area contributed by atoms with Crippen molar-refractivity contribution in [2.24, 2.45) is 0 Å². The van der Waals surface area contributed by atoms with E-state index in [-0.39, 0.29) is 16.5 Å². The van der Waals surface area contributed by atoms with Gasteiger partial charge >= 0.3 is 0 Å². The Morgan fingerprint density at radius 1 is 1.33 bits per heavy atom. The quantitative estimate of drug-likeness (QED) is 0.875. The lowest BCUT2D eigenvalue weighted by Gasteiger charge is -2.06. The zero-order chi connectivity index (χ0) is 13.1. The number of benzene rings is 1. The van der Waals surface area contributed by atoms with Crippen LogP contribution >= 0.6 is 11.6 Å². The van der Waals surface area contributed by atoms with E-state index >= 15 is 0 Å². The molecule has 92 valence electrons. The van der Waals surface area contributed by atoms with Crippen molar-refractivity contribution >= 4 is 23.3 Å². The van der Waals surface area contributed by atoms with Crippen LogP contribution < -0.4 is 5.32 Å². The molecule has 0 aliphatic heterocycles. The number of hydrogen-bond donors (Lipinski definition) is 2. The van der Waals surface area contributed by atoms with E-state index in [0.29, 0.717) is 0 Å². The van der Waals surface area contributed by atoms with Crippen LogP contribution in [-0.4, -0.2) is 21.0 Å². The summed E-state index contributed by atoms with van der Waals surface area (Å²) in [4.78, 5) is 19.3. The lowest BCUT2D eigenvalue weighted by Crippen LogP contribution is -2.13. The molecule has 0 fully saturated rings. The second kappa shape index (κ2) is 4.97. The molecule has 1 heterocycles. The van der Waals surface area contributed by atoms with Crippen LogP contribution in [0.5, 0.6) is 5.75 Å². The minimum atomic E-state index is -0.658. The highest BCUT2D eigenvalue weighted by Crippen LogP contribution is 2.21. The Morgan fingerprint density at radius 2 is 2.06 bits per heavy atom. The summed E-state index contributed by atoms with van der Waals surface area (Å²) >= 11 is 5.71. The summed E-state index contributed by atoms with van der Waals surface area (Å²) in [5.74, 6) is -1.70. The molecule has 1 aromatic carbocycles. The van der Waals surface area contributed by atoms with Gasteiger partial charge in [-0.1, -0.05) is 11.6 Å². The molecular formula is C11H7ClFN3O2. The zero-order valence-corrected chi connectivity index (χ0v) is 9.65. The Kier molecular flexibility index (Phi) is 3.38. The lowest BCUT2D eigenvalue weighted by atomic mass is 10.2. The van der Waals surface area contributed by atoms with Crippen LogP contribution in [0.25, 0.3) is 0 Å². The predicted octanol–water partition coefficient (Wildman–Crippen LogP) is 2.23. The van der Waals surface area contributed by atoms with Gasteiger partial charge in [0, 0.05) is 18.5 Å². The molecule has 0 aliphatic carbocycles. The van der Waals surface area contributed by atoms with E-state index in [1.54, 1.807) is 0 Å². The van der Waals surface area contributed by atoms with E-state index in [4.69, 9.17) is 11.6 Å². The van der Waals surface area contributed by atoms with Crippen molar-refractivity contribution in [2.45, 2.75) is 0 Å². The minimum absolute atomic E-state index is 0.0208. The average Bonchev–Trinajstić information content (AvgIpc) is 2.32. The Hall–Kier alpha value is -2.21. The summed E-state index contributed by atoms with van der Waals surface area (Å²) in [6, 6.07) is 3.06. The Bertz CT molecular complexity index is 607. The molecule has 0 saturated heterocycles. The second-order valence-corrected chi connectivity index (χ2v) is 3.67. The molecule has 0 radical (unpaired) electrons. The van der Waals surface area contributed by atoms with Crippen molar-refractivity contribution in [3.8, 4) is 5.75 Å². The highest BCUT2D eigenvalue weighted by Gasteiger charge is 2.14. The predicted molar refractivity (Wildman–Crippen MR) is 63.1 cm³/mol. The maximum Gasteiger partial charge on any atom is 0.260 e. The molecule has 2 rings (SSSR count). The first-order valence-corrected chi connectivity index (χ1v) is 5.22. The lowest BCUT2D eigenvalue weighted by molar-refractivity contribution is 0.102. The molecule has 0 bridgehead atoms. The van der Waals surface area contributed by atoms with Crippen LogP contribution in [0.15, 0.2) is 30.6 Å². The smallest absolute Gasteiger partial charge is 0.260 e. The number of carbonyl (C=O) groups excluding carboxylic acids is 1. The van der Waals surface area contributed by atoms with Gasteiger partial charge in [0.25, 0.3) is 5.91 Å². The third-order valence-electron chi connectivity index (χ3n) is 2.09. The standard InChI is InChI=1S/C11H7ClFN3O2/c12-9-10(15-4-3-14-9)16-11(18)7-2-1-6(13)5-8(7)17/h1-5,17H,(H,15,16,18). The monoisotopic (exact) mass is 267 g/mol. The number of rotatable bonds is 2. The summed E-state index contributed by atoms with van der Waals surface area (Å²) in [7, 11) is 0. The van der Waals surface area contributed by atoms with Gasteiger partial charge < -0.3 is 10.4 Å². The highest BCUT2D eigenvalue weighted by molar-refractivity contribution is 6.32. The molecule has 0 spiro atoms. The second-order valence-electron chi connectivity index (χ2n) is 3.31. The van der Waals surface area contributed by atoms with Gasteiger partial charge in [-0.05, 0) is 12.1 Å². The van der Waals surface area contributed by atoms with E-state index in [1.807, 2.05) is 0 Å². The molecule has 1 aromatic heterocycles. The summed E-state index contributed by atoms with van der Waals surface area (Å²) < 4.78 is 12.8. The number of anilines is 1. The third-order valence-corrected chi connectivity index (χ3v) is 2.37. The van der Waals surface area contributed by atoms with E-state index in [0.717, 1.165) is 18.2 Å². The van der Waals surface area contributed by atoms with Crippen LogP contribution in [0.1, 0.15) is 10.4 Å². The SMILES string of the molecule is O=C(Nc1nccnc1Cl)c1ccc(F)cc1O. The number of aromatic hydroxyl groups is 1. The van der Waals surface area contributed by atoms with Crippen molar-refractivity contribution in [1.29, 1.82) is 0 Å². The maximum absolute atomic E-state index is 12.8. The summed E-state index contributed by atoms with van der Waals surface area (Å²) in [5.41, 5.74) is -0.0851. The third kappa shape index (κ3) is 2.54. The number of halogens is 2. The molecule has 0 unspecified atom stereocenters. The van der Waals surface area contributed by atoms with E-state index < -0.39 is 17.5 Å². The van der Waals surface area contributed by atoms with Gasteiger partial charge in [0.2, 0.25) is 0 Å². The van der Waals surface area contributed by atoms with E-state index in [1.165, 1.54) is 12.4 Å². The van der Waals surface area contributed by atoms with Crippen LogP contribution in [0.2, 0.25) is 5.15 Å². The number of hydrogen-bond acceptors (Lipinski definition) is 4. The van der Waals surface area contributed by atoms with Gasteiger partial charge in [0.1, 0.15) is 11.6 Å². The molecule has 1 amide bonds. The first kappa shape index (κ1) is 12.3. The molecule has 7 heteroatoms. The van der Waals surface area contributed by atoms with Crippen molar-refractivity contribution < 1.29 is 14.3 Å². The fourth-order valence-corrected chi connectivity index (χ4v) is 1.43. The molecule has 5 nitrogen and oxygen atoms in total. The van der Waals surface area contributed by atoms with E-state index in [2.05, 4.69) is 15.3 Å². The highest BCUT2D eigenvalue weighted by atomic mass is 35.5. The summed E-state index contributed by atoms with van der Waals surface area (Å²) in [5, 5.41) is 11.8. The number of aromatic nitrogens is 2. The van der Waals surface area contributed by atoms with Gasteiger partial charge in [-0.15, -0.1) is 0 Å². The Balaban J connectivity index is 2.25. The van der Waals surface area contributed by atoms with E-state index in [9.17, 15) is 14.3 Å². The normalized spacial score (nSPS) is 10.1. The topological polar surface area (TPSA) is 75.1 Å². The van der Waals surface area contributed by atoms with Crippen LogP contribution in [0, 0.1) is 5.82 Å². The largest absolute Gasteiger partial charge is 0.507 e. The zero-order valence-electron chi connectivity index (χ0n) is 8.89. The van der Waals surface area contributed by atoms with Gasteiger partial charge in [-0.2, -0.15) is 0 Å². The van der Waals surface area contributed by atoms with Crippen molar-refractivity contribution in [1.82, 2.24) is 9.97 Å². The first-order valence-electron chi connectivity index (χ1n) is 4.84. The summed E-state index contributed by atoms with van der Waals surface area (Å²) in [6.45, 7) is 0. The summed E-state index contributed by atoms with van der Waals surface area (Å²) in [6.07, 6.45) is 2.72. The Morgan fingerprint density at radius 3 is 2.72 bits per heavy atom. The molecule has 18 heavy (non-hydrogen) atoms. The number of carbonyl (C=O) groups is 1. The number of amides is 1. The maximum atomic E-state index is 12.8. The minimum Gasteiger partial charge on any atom is -0.507 e. The van der Waals surface area contributed by atoms with Crippen LogP contribution in [0.4, 0.5) is 10.2 Å². The average molecular weight is 268 g/mol. The molecule has 0 aliphatic rings. The molecule has 0 saturated carbocycles. The molecule has 2 N–H and O–H groups in total. The van der Waals surface area contributed by atoms with Crippen LogP contribution in [0.3, 0.4) is 0 Å². The Labute approximate surface area is 106 Å². The van der Waals surface area contributed by atoms with Crippen molar-refractivity contribution in [3.05, 3.63) is 47.1 Å². The fourth-order valence-electron chi connectivity index (χ4n) is 1.28. The number of nitrogens with zero attached hydrogens (tertiary/aromatic N) is 2. The van der Waals surface area contributed by atoms with Gasteiger partial charge in [0.15, 0.2) is 11.0 Å². The fraction of sp³-hybridized carbons (Fsp3) is 0.